The Morgan fingerprint density at radius 3 is 2.50 bits per heavy atom. The van der Waals surface area contributed by atoms with Crippen LogP contribution in [0.2, 0.25) is 0 Å². The second-order valence-corrected chi connectivity index (χ2v) is 7.86. The number of carbonyl (C=O) groups excluding carboxylic acids is 1. The SMILES string of the molecule is C=C(/C(=C(\C)c1cc(=O)c(C(C)=O)cn1CCC)c1cccc(C)c1)C1CC1. The Morgan fingerprint density at radius 2 is 1.93 bits per heavy atom. The van der Waals surface area contributed by atoms with Crippen molar-refractivity contribution < 1.29 is 4.79 Å². The quantitative estimate of drug-likeness (QED) is 0.462. The number of aryl methyl sites for hydroxylation is 2. The fraction of sp³-hybridized carbons (Fsp3) is 0.360. The van der Waals surface area contributed by atoms with Gasteiger partial charge in [-0.25, -0.2) is 0 Å². The molecule has 1 saturated carbocycles. The largest absolute Gasteiger partial charge is 0.347 e. The average Bonchev–Trinajstić information content (AvgIpc) is 3.48. The molecule has 3 rings (SSSR count). The van der Waals surface area contributed by atoms with Crippen molar-refractivity contribution in [3.8, 4) is 0 Å². The van der Waals surface area contributed by atoms with E-state index in [9.17, 15) is 9.59 Å². The summed E-state index contributed by atoms with van der Waals surface area (Å²) in [5.41, 5.74) is 6.57. The van der Waals surface area contributed by atoms with Crippen molar-refractivity contribution in [2.24, 2.45) is 5.92 Å². The second kappa shape index (κ2) is 8.14. The zero-order valence-corrected chi connectivity index (χ0v) is 17.3. The normalized spacial score (nSPS) is 14.6. The van der Waals surface area contributed by atoms with E-state index in [0.717, 1.165) is 40.9 Å². The van der Waals surface area contributed by atoms with Crippen LogP contribution in [0.4, 0.5) is 0 Å². The lowest BCUT2D eigenvalue weighted by Crippen LogP contribution is -2.19. The van der Waals surface area contributed by atoms with E-state index >= 15 is 0 Å². The Hall–Kier alpha value is -2.68. The maximum Gasteiger partial charge on any atom is 0.192 e. The van der Waals surface area contributed by atoms with E-state index in [0.29, 0.717) is 5.92 Å². The summed E-state index contributed by atoms with van der Waals surface area (Å²) in [7, 11) is 0. The van der Waals surface area contributed by atoms with Crippen LogP contribution in [0.3, 0.4) is 0 Å². The molecule has 1 aliphatic carbocycles. The molecule has 1 aromatic carbocycles. The highest BCUT2D eigenvalue weighted by Crippen LogP contribution is 2.44. The Labute approximate surface area is 167 Å². The number of allylic oxidation sites excluding steroid dienone is 3. The summed E-state index contributed by atoms with van der Waals surface area (Å²) in [6.07, 6.45) is 4.99. The van der Waals surface area contributed by atoms with Crippen LogP contribution in [0.1, 0.15) is 67.2 Å². The summed E-state index contributed by atoms with van der Waals surface area (Å²) in [6, 6.07) is 10.1. The van der Waals surface area contributed by atoms with Crippen LogP contribution in [-0.2, 0) is 6.54 Å². The predicted molar refractivity (Wildman–Crippen MR) is 117 cm³/mol. The molecule has 0 spiro atoms. The molecule has 0 amide bonds. The van der Waals surface area contributed by atoms with Crippen molar-refractivity contribution in [1.29, 1.82) is 0 Å². The summed E-state index contributed by atoms with van der Waals surface area (Å²) >= 11 is 0. The van der Waals surface area contributed by atoms with Crippen molar-refractivity contribution in [2.75, 3.05) is 0 Å². The molecule has 1 aliphatic rings. The molecule has 1 fully saturated rings. The number of hydrogen-bond donors (Lipinski definition) is 0. The minimum atomic E-state index is -0.213. The van der Waals surface area contributed by atoms with Crippen LogP contribution >= 0.6 is 0 Å². The number of Topliss-reactive ketones (excluding diaryl/α,β-unsaturated/α-hetero) is 1. The van der Waals surface area contributed by atoms with Gasteiger partial charge in [-0.15, -0.1) is 0 Å². The first-order valence-electron chi connectivity index (χ1n) is 10.1. The first kappa shape index (κ1) is 20.1. The number of hydrogen-bond acceptors (Lipinski definition) is 2. The van der Waals surface area contributed by atoms with Gasteiger partial charge in [0.15, 0.2) is 11.2 Å². The number of pyridine rings is 1. The van der Waals surface area contributed by atoms with Gasteiger partial charge >= 0.3 is 0 Å². The Balaban J connectivity index is 2.26. The summed E-state index contributed by atoms with van der Waals surface area (Å²) in [6.45, 7) is 12.9. The topological polar surface area (TPSA) is 39.1 Å². The lowest BCUT2D eigenvalue weighted by Gasteiger charge is -2.20. The number of rotatable bonds is 7. The molecule has 28 heavy (non-hydrogen) atoms. The molecular weight excluding hydrogens is 346 g/mol. The monoisotopic (exact) mass is 375 g/mol. The lowest BCUT2D eigenvalue weighted by molar-refractivity contribution is 0.101. The van der Waals surface area contributed by atoms with Gasteiger partial charge in [0.1, 0.15) is 0 Å². The Morgan fingerprint density at radius 1 is 1.21 bits per heavy atom. The molecule has 0 saturated heterocycles. The molecule has 3 nitrogen and oxygen atoms in total. The summed E-state index contributed by atoms with van der Waals surface area (Å²) < 4.78 is 2.05. The van der Waals surface area contributed by atoms with Gasteiger partial charge in [0.2, 0.25) is 0 Å². The minimum absolute atomic E-state index is 0.190. The van der Waals surface area contributed by atoms with Gasteiger partial charge in [-0.05, 0) is 68.2 Å². The van der Waals surface area contributed by atoms with Crippen molar-refractivity contribution in [3.63, 3.8) is 0 Å². The predicted octanol–water partition coefficient (Wildman–Crippen LogP) is 5.67. The smallest absolute Gasteiger partial charge is 0.192 e. The van der Waals surface area contributed by atoms with E-state index in [1.807, 2.05) is 4.57 Å². The fourth-order valence-electron chi connectivity index (χ4n) is 3.80. The van der Waals surface area contributed by atoms with Crippen molar-refractivity contribution in [1.82, 2.24) is 4.57 Å². The molecule has 0 radical (unpaired) electrons. The standard InChI is InChI=1S/C25H29NO2/c1-6-12-26-15-22(19(5)27)24(28)14-23(26)18(4)25(17(3)20-10-11-20)21-9-7-8-16(2)13-21/h7-9,13-15,20H,3,6,10-12H2,1-2,4-5H3/b25-18-. The molecule has 0 N–H and O–H groups in total. The van der Waals surface area contributed by atoms with Gasteiger partial charge < -0.3 is 4.57 Å². The van der Waals surface area contributed by atoms with Gasteiger partial charge in [-0.2, -0.15) is 0 Å². The number of nitrogens with zero attached hydrogens (tertiary/aromatic N) is 1. The zero-order chi connectivity index (χ0) is 20.4. The Kier molecular flexibility index (Phi) is 5.83. The number of aromatic nitrogens is 1. The zero-order valence-electron chi connectivity index (χ0n) is 17.3. The molecular formula is C25H29NO2. The van der Waals surface area contributed by atoms with Gasteiger partial charge in [0, 0.05) is 24.5 Å². The molecule has 146 valence electrons. The van der Waals surface area contributed by atoms with Crippen LogP contribution in [0.25, 0.3) is 11.1 Å². The first-order valence-corrected chi connectivity index (χ1v) is 10.1. The fourth-order valence-corrected chi connectivity index (χ4v) is 3.80. The highest BCUT2D eigenvalue weighted by atomic mass is 16.1. The molecule has 1 aromatic heterocycles. The molecule has 0 bridgehead atoms. The molecule has 0 atom stereocenters. The third-order valence-corrected chi connectivity index (χ3v) is 5.43. The Bertz CT molecular complexity index is 1020. The highest BCUT2D eigenvalue weighted by Gasteiger charge is 2.29. The van der Waals surface area contributed by atoms with E-state index in [-0.39, 0.29) is 16.8 Å². The van der Waals surface area contributed by atoms with E-state index in [2.05, 4.69) is 51.6 Å². The highest BCUT2D eigenvalue weighted by molar-refractivity contribution is 5.98. The summed E-state index contributed by atoms with van der Waals surface area (Å²) in [4.78, 5) is 24.5. The first-order chi connectivity index (χ1) is 13.3. The molecule has 0 aliphatic heterocycles. The number of benzene rings is 1. The van der Waals surface area contributed by atoms with E-state index in [1.165, 1.54) is 25.3 Å². The third kappa shape index (κ3) is 4.09. The average molecular weight is 376 g/mol. The van der Waals surface area contributed by atoms with Crippen LogP contribution in [0, 0.1) is 12.8 Å². The van der Waals surface area contributed by atoms with Crippen molar-refractivity contribution in [2.45, 2.75) is 53.5 Å². The van der Waals surface area contributed by atoms with Gasteiger partial charge in [-0.1, -0.05) is 43.3 Å². The third-order valence-electron chi connectivity index (χ3n) is 5.43. The van der Waals surface area contributed by atoms with Crippen LogP contribution in [0.5, 0.6) is 0 Å². The van der Waals surface area contributed by atoms with Gasteiger partial charge in [0.05, 0.1) is 5.56 Å². The van der Waals surface area contributed by atoms with Gasteiger partial charge in [0.25, 0.3) is 0 Å². The second-order valence-electron chi connectivity index (χ2n) is 7.86. The van der Waals surface area contributed by atoms with Crippen molar-refractivity contribution in [3.05, 3.63) is 81.3 Å². The van der Waals surface area contributed by atoms with Crippen molar-refractivity contribution >= 4 is 16.9 Å². The summed E-state index contributed by atoms with van der Waals surface area (Å²) in [5, 5.41) is 0. The van der Waals surface area contributed by atoms with E-state index < -0.39 is 0 Å². The maximum absolute atomic E-state index is 12.6. The molecule has 1 heterocycles. The lowest BCUT2D eigenvalue weighted by atomic mass is 9.89. The number of carbonyl (C=O) groups is 1. The molecule has 2 aromatic rings. The van der Waals surface area contributed by atoms with Gasteiger partial charge in [-0.3, -0.25) is 9.59 Å². The summed E-state index contributed by atoms with van der Waals surface area (Å²) in [5.74, 6) is 0.331. The molecule has 0 unspecified atom stereocenters. The molecule has 3 heteroatoms. The maximum atomic E-state index is 12.6. The number of ketones is 1. The van der Waals surface area contributed by atoms with Crippen LogP contribution in [0.15, 0.2) is 53.5 Å². The van der Waals surface area contributed by atoms with E-state index in [4.69, 9.17) is 0 Å². The van der Waals surface area contributed by atoms with E-state index in [1.54, 1.807) is 12.3 Å². The van der Waals surface area contributed by atoms with Crippen LogP contribution < -0.4 is 5.43 Å². The minimum Gasteiger partial charge on any atom is -0.347 e. The van der Waals surface area contributed by atoms with Crippen LogP contribution in [-0.4, -0.2) is 10.4 Å².